The topological polar surface area (TPSA) is 44.4 Å². The number of nitrogens with one attached hydrogen (secondary N) is 2. The predicted molar refractivity (Wildman–Crippen MR) is 82.7 cm³/mol. The molecule has 20 heavy (non-hydrogen) atoms. The monoisotopic (exact) mass is 281 g/mol. The fraction of sp³-hybridized carbons (Fsp3) is 0.938. The first kappa shape index (κ1) is 15.8. The largest absolute Gasteiger partial charge is 0.355 e. The molecule has 0 saturated carbocycles. The van der Waals surface area contributed by atoms with Gasteiger partial charge in [0, 0.05) is 25.6 Å². The smallest absolute Gasteiger partial charge is 0.220 e. The summed E-state index contributed by atoms with van der Waals surface area (Å²) in [4.78, 5) is 14.3. The van der Waals surface area contributed by atoms with Crippen molar-refractivity contribution in [2.75, 3.05) is 32.7 Å². The van der Waals surface area contributed by atoms with Crippen molar-refractivity contribution in [1.82, 2.24) is 15.5 Å². The molecule has 0 spiro atoms. The van der Waals surface area contributed by atoms with Crippen LogP contribution in [0.5, 0.6) is 0 Å². The third kappa shape index (κ3) is 5.80. The van der Waals surface area contributed by atoms with E-state index in [0.29, 0.717) is 12.5 Å². The Hall–Kier alpha value is -0.610. The van der Waals surface area contributed by atoms with E-state index in [1.807, 2.05) is 0 Å². The van der Waals surface area contributed by atoms with E-state index >= 15 is 0 Å². The average Bonchev–Trinajstić information content (AvgIpc) is 2.48. The molecule has 0 bridgehead atoms. The van der Waals surface area contributed by atoms with Gasteiger partial charge in [-0.15, -0.1) is 0 Å². The summed E-state index contributed by atoms with van der Waals surface area (Å²) in [5.74, 6) is 1.10. The number of rotatable bonds is 6. The van der Waals surface area contributed by atoms with Gasteiger partial charge in [-0.3, -0.25) is 4.79 Å². The zero-order valence-corrected chi connectivity index (χ0v) is 13.0. The molecule has 0 aromatic rings. The summed E-state index contributed by atoms with van der Waals surface area (Å²) in [7, 11) is 0. The van der Waals surface area contributed by atoms with Crippen LogP contribution in [0.4, 0.5) is 0 Å². The number of carbonyl (C=O) groups is 1. The molecular formula is C16H31N3O. The summed E-state index contributed by atoms with van der Waals surface area (Å²) in [5.41, 5.74) is 0. The first-order valence-electron chi connectivity index (χ1n) is 8.46. The van der Waals surface area contributed by atoms with E-state index in [9.17, 15) is 4.79 Å². The quantitative estimate of drug-likeness (QED) is 0.780. The molecule has 2 fully saturated rings. The van der Waals surface area contributed by atoms with E-state index in [0.717, 1.165) is 32.0 Å². The van der Waals surface area contributed by atoms with Crippen LogP contribution in [0.1, 0.15) is 51.9 Å². The van der Waals surface area contributed by atoms with Crippen LogP contribution in [-0.4, -0.2) is 49.6 Å². The predicted octanol–water partition coefficient (Wildman–Crippen LogP) is 1.76. The summed E-state index contributed by atoms with van der Waals surface area (Å²) in [6.07, 6.45) is 8.12. The number of carbonyl (C=O) groups excluding carboxylic acids is 1. The van der Waals surface area contributed by atoms with Crippen molar-refractivity contribution in [2.45, 2.75) is 57.9 Å². The molecule has 0 aromatic carbocycles. The van der Waals surface area contributed by atoms with Crippen LogP contribution in [0.2, 0.25) is 0 Å². The first-order valence-corrected chi connectivity index (χ1v) is 8.46. The molecule has 0 aliphatic carbocycles. The molecule has 2 aliphatic heterocycles. The van der Waals surface area contributed by atoms with E-state index < -0.39 is 0 Å². The molecule has 4 nitrogen and oxygen atoms in total. The maximum atomic E-state index is 11.8. The van der Waals surface area contributed by atoms with Gasteiger partial charge < -0.3 is 15.5 Å². The Morgan fingerprint density at radius 1 is 1.25 bits per heavy atom. The number of likely N-dealkylation sites (tertiary alicyclic amines) is 1. The van der Waals surface area contributed by atoms with Gasteiger partial charge in [-0.05, 0) is 57.7 Å². The number of amides is 1. The molecule has 4 heteroatoms. The fourth-order valence-corrected chi connectivity index (χ4v) is 3.20. The van der Waals surface area contributed by atoms with Gasteiger partial charge in [0.25, 0.3) is 0 Å². The normalized spacial score (nSPS) is 25.6. The Kier molecular flexibility index (Phi) is 6.80. The highest BCUT2D eigenvalue weighted by molar-refractivity contribution is 5.75. The Balaban J connectivity index is 1.49. The van der Waals surface area contributed by atoms with Gasteiger partial charge in [-0.1, -0.05) is 13.3 Å². The Morgan fingerprint density at radius 2 is 2.05 bits per heavy atom. The lowest BCUT2D eigenvalue weighted by molar-refractivity contribution is -0.121. The second-order valence-corrected chi connectivity index (χ2v) is 6.56. The minimum absolute atomic E-state index is 0.225. The summed E-state index contributed by atoms with van der Waals surface area (Å²) >= 11 is 0. The number of hydrogen-bond acceptors (Lipinski definition) is 3. The van der Waals surface area contributed by atoms with E-state index in [1.54, 1.807) is 0 Å². The van der Waals surface area contributed by atoms with Crippen LogP contribution in [0.25, 0.3) is 0 Å². The van der Waals surface area contributed by atoms with Crippen LogP contribution >= 0.6 is 0 Å². The Labute approximate surface area is 123 Å². The van der Waals surface area contributed by atoms with Crippen molar-refractivity contribution >= 4 is 5.91 Å². The van der Waals surface area contributed by atoms with Gasteiger partial charge in [0.05, 0.1) is 0 Å². The molecule has 1 unspecified atom stereocenters. The van der Waals surface area contributed by atoms with Crippen molar-refractivity contribution in [3.05, 3.63) is 0 Å². The summed E-state index contributed by atoms with van der Waals surface area (Å²) in [6.45, 7) is 7.68. The van der Waals surface area contributed by atoms with Gasteiger partial charge in [-0.25, -0.2) is 0 Å². The maximum absolute atomic E-state index is 11.8. The molecule has 2 saturated heterocycles. The fourth-order valence-electron chi connectivity index (χ4n) is 3.20. The lowest BCUT2D eigenvalue weighted by Crippen LogP contribution is -2.40. The van der Waals surface area contributed by atoms with E-state index in [-0.39, 0.29) is 5.91 Å². The molecule has 2 N–H and O–H groups in total. The second kappa shape index (κ2) is 8.63. The lowest BCUT2D eigenvalue weighted by Gasteiger charge is -2.30. The van der Waals surface area contributed by atoms with Crippen LogP contribution < -0.4 is 10.6 Å². The number of hydrogen-bond donors (Lipinski definition) is 2. The van der Waals surface area contributed by atoms with Gasteiger partial charge in [0.15, 0.2) is 0 Å². The molecule has 116 valence electrons. The third-order valence-corrected chi connectivity index (χ3v) is 4.76. The lowest BCUT2D eigenvalue weighted by atomic mass is 9.99. The van der Waals surface area contributed by atoms with Gasteiger partial charge in [-0.2, -0.15) is 0 Å². The van der Waals surface area contributed by atoms with E-state index in [2.05, 4.69) is 22.5 Å². The highest BCUT2D eigenvalue weighted by atomic mass is 16.1. The van der Waals surface area contributed by atoms with Crippen molar-refractivity contribution in [2.24, 2.45) is 5.92 Å². The average molecular weight is 281 g/mol. The van der Waals surface area contributed by atoms with Crippen molar-refractivity contribution in [3.8, 4) is 0 Å². The zero-order valence-electron chi connectivity index (χ0n) is 13.0. The van der Waals surface area contributed by atoms with Crippen LogP contribution in [0, 0.1) is 5.92 Å². The van der Waals surface area contributed by atoms with Gasteiger partial charge in [0.1, 0.15) is 0 Å². The molecule has 1 amide bonds. The molecule has 0 radical (unpaired) electrons. The minimum atomic E-state index is 0.225. The summed E-state index contributed by atoms with van der Waals surface area (Å²) < 4.78 is 0. The summed E-state index contributed by atoms with van der Waals surface area (Å²) in [5, 5.41) is 6.57. The third-order valence-electron chi connectivity index (χ3n) is 4.76. The zero-order chi connectivity index (χ0) is 14.2. The van der Waals surface area contributed by atoms with Gasteiger partial charge in [0.2, 0.25) is 5.91 Å². The highest BCUT2D eigenvalue weighted by Crippen LogP contribution is 2.15. The van der Waals surface area contributed by atoms with Crippen LogP contribution in [0.3, 0.4) is 0 Å². The van der Waals surface area contributed by atoms with Crippen LogP contribution in [-0.2, 0) is 4.79 Å². The first-order chi connectivity index (χ1) is 9.74. The molecular weight excluding hydrogens is 250 g/mol. The number of piperidine rings is 2. The Bertz CT molecular complexity index is 281. The van der Waals surface area contributed by atoms with Crippen molar-refractivity contribution in [1.29, 1.82) is 0 Å². The van der Waals surface area contributed by atoms with Gasteiger partial charge >= 0.3 is 0 Å². The molecule has 2 rings (SSSR count). The molecule has 2 heterocycles. The maximum Gasteiger partial charge on any atom is 0.220 e. The van der Waals surface area contributed by atoms with E-state index in [4.69, 9.17) is 0 Å². The standard InChI is InChI=1S/C16H31N3O/c1-14-7-11-19(12-8-14)13-10-18-16(20)6-5-15-4-2-3-9-17-15/h14-15,17H,2-13H2,1H3,(H,18,20). The molecule has 0 aromatic heterocycles. The molecule has 1 atom stereocenters. The second-order valence-electron chi connectivity index (χ2n) is 6.56. The minimum Gasteiger partial charge on any atom is -0.355 e. The SMILES string of the molecule is CC1CCN(CCNC(=O)CCC2CCCCN2)CC1. The van der Waals surface area contributed by atoms with E-state index in [1.165, 1.54) is 45.2 Å². The van der Waals surface area contributed by atoms with Crippen LogP contribution in [0.15, 0.2) is 0 Å². The highest BCUT2D eigenvalue weighted by Gasteiger charge is 2.16. The van der Waals surface area contributed by atoms with Crippen molar-refractivity contribution < 1.29 is 4.79 Å². The Morgan fingerprint density at radius 3 is 2.75 bits per heavy atom. The number of nitrogens with zero attached hydrogens (tertiary/aromatic N) is 1. The summed E-state index contributed by atoms with van der Waals surface area (Å²) in [6, 6.07) is 0.568. The molecule has 2 aliphatic rings. The van der Waals surface area contributed by atoms with Crippen molar-refractivity contribution in [3.63, 3.8) is 0 Å².